The summed E-state index contributed by atoms with van der Waals surface area (Å²) in [5.74, 6) is 0.267. The molecule has 0 atom stereocenters. The lowest BCUT2D eigenvalue weighted by molar-refractivity contribution is 0.311. The van der Waals surface area contributed by atoms with Crippen LogP contribution in [0.2, 0.25) is 0 Å². The fraction of sp³-hybridized carbons (Fsp3) is 0.273. The summed E-state index contributed by atoms with van der Waals surface area (Å²) in [6, 6.07) is 15.5. The van der Waals surface area contributed by atoms with Gasteiger partial charge in [0.2, 0.25) is 0 Å². The Morgan fingerprint density at radius 2 is 1.40 bits per heavy atom. The van der Waals surface area contributed by atoms with E-state index in [0.29, 0.717) is 17.9 Å². The first-order valence-electron chi connectivity index (χ1n) is 9.96. The van der Waals surface area contributed by atoms with Crippen molar-refractivity contribution < 1.29 is 5.11 Å². The molecule has 0 saturated heterocycles. The molecule has 2 N–H and O–H groups in total. The van der Waals surface area contributed by atoms with Crippen molar-refractivity contribution in [3.05, 3.63) is 66.5 Å². The van der Waals surface area contributed by atoms with E-state index in [0.717, 1.165) is 17.8 Å². The first kappa shape index (κ1) is 21.2. The summed E-state index contributed by atoms with van der Waals surface area (Å²) in [4.78, 5) is 8.31. The van der Waals surface area contributed by atoms with Crippen molar-refractivity contribution in [3.8, 4) is 0 Å². The third-order valence-corrected chi connectivity index (χ3v) is 4.22. The number of unbranched alkanes of at least 4 members (excludes halogenated alkanes) is 1. The monoisotopic (exact) mass is 403 g/mol. The van der Waals surface area contributed by atoms with Crippen LogP contribution in [-0.4, -0.2) is 28.2 Å². The molecule has 0 amide bonds. The third kappa shape index (κ3) is 6.82. The van der Waals surface area contributed by atoms with Crippen LogP contribution in [0.1, 0.15) is 25.3 Å². The highest BCUT2D eigenvalue weighted by molar-refractivity contribution is 5.51. The second kappa shape index (κ2) is 11.5. The SMILES string of the molecule is CCCCc1ccc(N=Nc2ncc(N=Nc3ccc(NCCO)cc3)cn2)cc1. The molecule has 154 valence electrons. The zero-order chi connectivity index (χ0) is 21.0. The van der Waals surface area contributed by atoms with E-state index in [9.17, 15) is 0 Å². The number of aliphatic hydroxyl groups excluding tert-OH is 1. The van der Waals surface area contributed by atoms with Crippen molar-refractivity contribution in [3.63, 3.8) is 0 Å². The van der Waals surface area contributed by atoms with Gasteiger partial charge in [0.1, 0.15) is 5.69 Å². The fourth-order valence-electron chi connectivity index (χ4n) is 2.59. The molecule has 2 aromatic carbocycles. The Morgan fingerprint density at radius 1 is 0.800 bits per heavy atom. The highest BCUT2D eigenvalue weighted by atomic mass is 16.3. The molecule has 0 bridgehead atoms. The van der Waals surface area contributed by atoms with Crippen LogP contribution in [0.4, 0.5) is 28.7 Å². The van der Waals surface area contributed by atoms with Crippen LogP contribution >= 0.6 is 0 Å². The molecule has 3 rings (SSSR count). The van der Waals surface area contributed by atoms with Crippen LogP contribution in [-0.2, 0) is 6.42 Å². The lowest BCUT2D eigenvalue weighted by Crippen LogP contribution is -2.04. The molecule has 0 radical (unpaired) electrons. The quantitative estimate of drug-likeness (QED) is 0.401. The van der Waals surface area contributed by atoms with Gasteiger partial charge in [0, 0.05) is 12.2 Å². The number of aliphatic hydroxyl groups is 1. The molecular formula is C22H25N7O. The van der Waals surface area contributed by atoms with Crippen molar-refractivity contribution in [2.45, 2.75) is 26.2 Å². The Kier molecular flexibility index (Phi) is 8.11. The molecule has 30 heavy (non-hydrogen) atoms. The van der Waals surface area contributed by atoms with E-state index in [4.69, 9.17) is 5.11 Å². The van der Waals surface area contributed by atoms with Crippen LogP contribution in [0, 0.1) is 0 Å². The van der Waals surface area contributed by atoms with Crippen molar-refractivity contribution >= 4 is 28.7 Å². The molecule has 0 aliphatic carbocycles. The van der Waals surface area contributed by atoms with E-state index >= 15 is 0 Å². The predicted molar refractivity (Wildman–Crippen MR) is 117 cm³/mol. The van der Waals surface area contributed by atoms with Gasteiger partial charge in [-0.1, -0.05) is 25.5 Å². The summed E-state index contributed by atoms with van der Waals surface area (Å²) < 4.78 is 0. The van der Waals surface area contributed by atoms with E-state index in [1.807, 2.05) is 36.4 Å². The lowest BCUT2D eigenvalue weighted by atomic mass is 10.1. The Hall–Kier alpha value is -3.52. The predicted octanol–water partition coefficient (Wildman–Crippen LogP) is 6.05. The third-order valence-electron chi connectivity index (χ3n) is 4.22. The highest BCUT2D eigenvalue weighted by Gasteiger charge is 1.98. The second-order valence-electron chi connectivity index (χ2n) is 6.61. The molecule has 3 aromatic rings. The Bertz CT molecular complexity index is 872. The minimum Gasteiger partial charge on any atom is -0.395 e. The highest BCUT2D eigenvalue weighted by Crippen LogP contribution is 2.21. The summed E-state index contributed by atoms with van der Waals surface area (Å²) >= 11 is 0. The maximum absolute atomic E-state index is 8.82. The molecule has 0 fully saturated rings. The van der Waals surface area contributed by atoms with Gasteiger partial charge in [-0.05, 0) is 54.8 Å². The summed E-state index contributed by atoms with van der Waals surface area (Å²) in [5.41, 5.74) is 4.21. The van der Waals surface area contributed by atoms with Gasteiger partial charge in [-0.25, -0.2) is 9.97 Å². The summed E-state index contributed by atoms with van der Waals surface area (Å²) in [5, 5.41) is 28.4. The van der Waals surface area contributed by atoms with Crippen LogP contribution in [0.5, 0.6) is 0 Å². The van der Waals surface area contributed by atoms with E-state index in [1.165, 1.54) is 18.4 Å². The molecule has 0 spiro atoms. The van der Waals surface area contributed by atoms with E-state index in [-0.39, 0.29) is 12.6 Å². The maximum Gasteiger partial charge on any atom is 0.268 e. The van der Waals surface area contributed by atoms with Crippen LogP contribution in [0.25, 0.3) is 0 Å². The minimum absolute atomic E-state index is 0.0857. The van der Waals surface area contributed by atoms with Crippen LogP contribution in [0.15, 0.2) is 81.4 Å². The fourth-order valence-corrected chi connectivity index (χ4v) is 2.59. The van der Waals surface area contributed by atoms with Gasteiger partial charge in [0.05, 0.1) is 30.4 Å². The van der Waals surface area contributed by atoms with Gasteiger partial charge < -0.3 is 10.4 Å². The summed E-state index contributed by atoms with van der Waals surface area (Å²) in [6.07, 6.45) is 6.55. The molecule has 0 unspecified atom stereocenters. The number of benzene rings is 2. The van der Waals surface area contributed by atoms with Crippen LogP contribution < -0.4 is 5.32 Å². The Morgan fingerprint density at radius 3 is 2.03 bits per heavy atom. The first-order valence-corrected chi connectivity index (χ1v) is 9.96. The maximum atomic E-state index is 8.82. The lowest BCUT2D eigenvalue weighted by Gasteiger charge is -2.03. The Labute approximate surface area is 175 Å². The average molecular weight is 403 g/mol. The molecule has 0 aliphatic heterocycles. The molecule has 8 heteroatoms. The van der Waals surface area contributed by atoms with Crippen LogP contribution in [0.3, 0.4) is 0 Å². The van der Waals surface area contributed by atoms with Gasteiger partial charge in [-0.2, -0.15) is 5.11 Å². The number of hydrogen-bond acceptors (Lipinski definition) is 8. The van der Waals surface area contributed by atoms with Crippen molar-refractivity contribution in [2.75, 3.05) is 18.5 Å². The van der Waals surface area contributed by atoms with E-state index < -0.39 is 0 Å². The number of aryl methyl sites for hydroxylation is 1. The van der Waals surface area contributed by atoms with E-state index in [2.05, 4.69) is 54.8 Å². The number of aromatic nitrogens is 2. The normalized spacial score (nSPS) is 11.4. The van der Waals surface area contributed by atoms with Crippen molar-refractivity contribution in [1.82, 2.24) is 9.97 Å². The van der Waals surface area contributed by atoms with Gasteiger partial charge in [0.25, 0.3) is 5.95 Å². The van der Waals surface area contributed by atoms with Gasteiger partial charge in [0.15, 0.2) is 0 Å². The first-order chi connectivity index (χ1) is 14.8. The Balaban J connectivity index is 1.55. The zero-order valence-electron chi connectivity index (χ0n) is 16.9. The topological polar surface area (TPSA) is 107 Å². The molecule has 1 aromatic heterocycles. The number of nitrogens with zero attached hydrogens (tertiary/aromatic N) is 6. The second-order valence-corrected chi connectivity index (χ2v) is 6.61. The number of rotatable bonds is 10. The summed E-state index contributed by atoms with van der Waals surface area (Å²) in [6.45, 7) is 2.78. The van der Waals surface area contributed by atoms with Gasteiger partial charge >= 0.3 is 0 Å². The molecular weight excluding hydrogens is 378 g/mol. The molecule has 0 aliphatic rings. The zero-order valence-corrected chi connectivity index (χ0v) is 16.9. The molecule has 0 saturated carbocycles. The standard InChI is InChI=1S/C22H25N7O/c1-2-3-4-17-5-7-19(8-6-17)27-29-22-24-15-21(16-25-22)28-26-20-11-9-18(10-12-20)23-13-14-30/h5-12,15-16,23,30H,2-4,13-14H2,1H3. The minimum atomic E-state index is 0.0857. The smallest absolute Gasteiger partial charge is 0.268 e. The summed E-state index contributed by atoms with van der Waals surface area (Å²) in [7, 11) is 0. The number of nitrogens with one attached hydrogen (secondary N) is 1. The molecule has 8 nitrogen and oxygen atoms in total. The number of azo groups is 2. The van der Waals surface area contributed by atoms with E-state index in [1.54, 1.807) is 12.4 Å². The van der Waals surface area contributed by atoms with Gasteiger partial charge in [-0.3, -0.25) is 0 Å². The van der Waals surface area contributed by atoms with Gasteiger partial charge in [-0.15, -0.1) is 15.3 Å². The van der Waals surface area contributed by atoms with Crippen molar-refractivity contribution in [2.24, 2.45) is 20.5 Å². The van der Waals surface area contributed by atoms with Crippen molar-refractivity contribution in [1.29, 1.82) is 0 Å². The number of hydrogen-bond donors (Lipinski definition) is 2. The average Bonchev–Trinajstić information content (AvgIpc) is 2.80. The number of anilines is 1. The molecule has 1 heterocycles. The largest absolute Gasteiger partial charge is 0.395 e.